The Morgan fingerprint density at radius 2 is 2.03 bits per heavy atom. The number of dihydropyridines is 1. The van der Waals surface area contributed by atoms with E-state index >= 15 is 0 Å². The van der Waals surface area contributed by atoms with Gasteiger partial charge < -0.3 is 19.9 Å². The van der Waals surface area contributed by atoms with Crippen LogP contribution in [-0.2, 0) is 20.9 Å². The number of ether oxygens (including phenoxy) is 2. The molecule has 5 rings (SSSR count). The first-order valence-corrected chi connectivity index (χ1v) is 12.6. The van der Waals surface area contributed by atoms with E-state index in [1.807, 2.05) is 42.6 Å². The van der Waals surface area contributed by atoms with Crippen molar-refractivity contribution in [3.05, 3.63) is 98.8 Å². The number of nitrogens with zero attached hydrogens (tertiary/aromatic N) is 1. The van der Waals surface area contributed by atoms with E-state index in [1.165, 1.54) is 11.3 Å². The lowest BCUT2D eigenvalue weighted by atomic mass is 9.71. The summed E-state index contributed by atoms with van der Waals surface area (Å²) in [6.07, 6.45) is 0.881. The highest BCUT2D eigenvalue weighted by atomic mass is 32.1. The molecule has 2 N–H and O–H groups in total. The molecule has 2 aliphatic rings. The van der Waals surface area contributed by atoms with Crippen molar-refractivity contribution in [3.63, 3.8) is 0 Å². The van der Waals surface area contributed by atoms with E-state index in [0.29, 0.717) is 34.5 Å². The van der Waals surface area contributed by atoms with Gasteiger partial charge in [-0.25, -0.2) is 9.78 Å². The zero-order chi connectivity index (χ0) is 25.2. The van der Waals surface area contributed by atoms with Gasteiger partial charge in [-0.05, 0) is 42.7 Å². The van der Waals surface area contributed by atoms with Crippen molar-refractivity contribution >= 4 is 23.1 Å². The zero-order valence-electron chi connectivity index (χ0n) is 20.0. The first-order chi connectivity index (χ1) is 17.5. The fourth-order valence-corrected chi connectivity index (χ4v) is 5.64. The number of thiazole rings is 1. The van der Waals surface area contributed by atoms with Gasteiger partial charge in [0.2, 0.25) is 0 Å². The molecule has 2 atom stereocenters. The summed E-state index contributed by atoms with van der Waals surface area (Å²) in [5.74, 6) is -0.467. The molecule has 2 aromatic carbocycles. The Labute approximate surface area is 213 Å². The summed E-state index contributed by atoms with van der Waals surface area (Å²) in [6.45, 7) is 1.86. The average molecular weight is 503 g/mol. The Hall–Kier alpha value is -3.91. The average Bonchev–Trinajstić information content (AvgIpc) is 3.40. The number of rotatable bonds is 6. The van der Waals surface area contributed by atoms with E-state index in [-0.39, 0.29) is 30.5 Å². The summed E-state index contributed by atoms with van der Waals surface area (Å²) < 4.78 is 11.2. The molecule has 2 heterocycles. The van der Waals surface area contributed by atoms with Crippen molar-refractivity contribution in [3.8, 4) is 11.5 Å². The number of nitrogens with one attached hydrogen (secondary N) is 1. The lowest BCUT2D eigenvalue weighted by Crippen LogP contribution is -2.36. The van der Waals surface area contributed by atoms with Gasteiger partial charge in [0.15, 0.2) is 5.78 Å². The maximum atomic E-state index is 13.7. The van der Waals surface area contributed by atoms with Crippen LogP contribution in [0.5, 0.6) is 11.5 Å². The molecule has 0 radical (unpaired) electrons. The summed E-state index contributed by atoms with van der Waals surface area (Å²) in [5.41, 5.74) is 6.29. The molecule has 0 spiro atoms. The van der Waals surface area contributed by atoms with Crippen molar-refractivity contribution in [2.24, 2.45) is 0 Å². The normalized spacial score (nSPS) is 19.6. The van der Waals surface area contributed by atoms with E-state index in [2.05, 4.69) is 10.3 Å². The fraction of sp³-hybridized carbons (Fsp3) is 0.250. The topological polar surface area (TPSA) is 97.8 Å². The van der Waals surface area contributed by atoms with Crippen molar-refractivity contribution in [1.82, 2.24) is 10.3 Å². The Balaban J connectivity index is 1.54. The molecule has 1 aromatic heterocycles. The third-order valence-electron chi connectivity index (χ3n) is 6.66. The highest BCUT2D eigenvalue weighted by molar-refractivity contribution is 7.07. The van der Waals surface area contributed by atoms with Crippen LogP contribution in [0.15, 0.2) is 82.0 Å². The maximum Gasteiger partial charge on any atom is 0.337 e. The molecule has 184 valence electrons. The van der Waals surface area contributed by atoms with Gasteiger partial charge in [0, 0.05) is 40.6 Å². The molecule has 7 nitrogen and oxygen atoms in total. The molecule has 3 aromatic rings. The Kier molecular flexibility index (Phi) is 6.61. The van der Waals surface area contributed by atoms with Gasteiger partial charge in [0.25, 0.3) is 0 Å². The van der Waals surface area contributed by atoms with Gasteiger partial charge >= 0.3 is 5.97 Å². The Bertz CT molecular complexity index is 1380. The van der Waals surface area contributed by atoms with E-state index < -0.39 is 11.9 Å². The lowest BCUT2D eigenvalue weighted by molar-refractivity contribution is -0.140. The van der Waals surface area contributed by atoms with Crippen LogP contribution in [0, 0.1) is 0 Å². The first-order valence-electron chi connectivity index (χ1n) is 11.7. The summed E-state index contributed by atoms with van der Waals surface area (Å²) in [5, 5.41) is 15.4. The predicted octanol–water partition coefficient (Wildman–Crippen LogP) is 4.96. The number of benzene rings is 2. The molecule has 2 unspecified atom stereocenters. The van der Waals surface area contributed by atoms with Gasteiger partial charge in [-0.2, -0.15) is 0 Å². The van der Waals surface area contributed by atoms with Crippen LogP contribution in [0.3, 0.4) is 0 Å². The van der Waals surface area contributed by atoms with E-state index in [1.54, 1.807) is 30.8 Å². The van der Waals surface area contributed by atoms with Crippen LogP contribution in [0.4, 0.5) is 0 Å². The van der Waals surface area contributed by atoms with E-state index in [9.17, 15) is 14.7 Å². The van der Waals surface area contributed by atoms with Crippen molar-refractivity contribution in [2.45, 2.75) is 38.2 Å². The second-order valence-electron chi connectivity index (χ2n) is 8.91. The molecule has 0 bridgehead atoms. The van der Waals surface area contributed by atoms with Crippen LogP contribution in [0.25, 0.3) is 0 Å². The molecule has 1 aliphatic heterocycles. The highest BCUT2D eigenvalue weighted by Gasteiger charge is 2.42. The number of carbonyl (C=O) groups excluding carboxylic acids is 2. The number of para-hydroxylation sites is 1. The molecule has 0 saturated heterocycles. The number of allylic oxidation sites excluding steroid dienone is 3. The summed E-state index contributed by atoms with van der Waals surface area (Å²) in [4.78, 5) is 31.3. The minimum absolute atomic E-state index is 0.0433. The number of carbonyl (C=O) groups is 2. The lowest BCUT2D eigenvalue weighted by Gasteiger charge is -2.37. The van der Waals surface area contributed by atoms with Crippen LogP contribution in [-0.4, -0.2) is 29.0 Å². The number of hydrogen-bond donors (Lipinski definition) is 2. The van der Waals surface area contributed by atoms with Gasteiger partial charge in [-0.1, -0.05) is 30.3 Å². The zero-order valence-corrected chi connectivity index (χ0v) is 20.8. The minimum Gasteiger partial charge on any atom is -0.508 e. The summed E-state index contributed by atoms with van der Waals surface area (Å²) >= 11 is 1.43. The summed E-state index contributed by atoms with van der Waals surface area (Å²) in [7, 11) is 1.63. The molecule has 8 heteroatoms. The number of aromatic hydroxyl groups is 1. The molecule has 0 fully saturated rings. The first kappa shape index (κ1) is 23.8. The summed E-state index contributed by atoms with van der Waals surface area (Å²) in [6, 6.07) is 14.4. The van der Waals surface area contributed by atoms with Gasteiger partial charge in [0.1, 0.15) is 18.1 Å². The quantitative estimate of drug-likeness (QED) is 0.460. The second kappa shape index (κ2) is 9.99. The molecule has 0 saturated carbocycles. The molecule has 36 heavy (non-hydrogen) atoms. The Morgan fingerprint density at radius 3 is 2.78 bits per heavy atom. The molecular formula is C28H26N2O5S. The fourth-order valence-electron chi connectivity index (χ4n) is 5.10. The monoisotopic (exact) mass is 502 g/mol. The third-order valence-corrected chi connectivity index (χ3v) is 7.30. The Morgan fingerprint density at radius 1 is 1.19 bits per heavy atom. The molecule has 1 aliphatic carbocycles. The number of methoxy groups -OCH3 is 1. The number of Topliss-reactive ketones (excluding diaryl/α,β-unsaturated/α-hetero) is 1. The number of hydrogen-bond acceptors (Lipinski definition) is 8. The van der Waals surface area contributed by atoms with Crippen molar-refractivity contribution < 1.29 is 24.2 Å². The van der Waals surface area contributed by atoms with Crippen LogP contribution < -0.4 is 10.1 Å². The maximum absolute atomic E-state index is 13.7. The number of aromatic nitrogens is 1. The van der Waals surface area contributed by atoms with E-state index in [4.69, 9.17) is 9.47 Å². The van der Waals surface area contributed by atoms with E-state index in [0.717, 1.165) is 17.0 Å². The molecular weight excluding hydrogens is 476 g/mol. The smallest absolute Gasteiger partial charge is 0.337 e. The third kappa shape index (κ3) is 4.52. The second-order valence-corrected chi connectivity index (χ2v) is 9.63. The van der Waals surface area contributed by atoms with Gasteiger partial charge in [0.05, 0.1) is 23.9 Å². The van der Waals surface area contributed by atoms with Gasteiger partial charge in [-0.15, -0.1) is 11.3 Å². The SMILES string of the molecule is COc1ccccc1C1CC(=O)C2=C(C1)NC(C)=C(C(=O)OCc1cscn1)C2c1cccc(O)c1. The van der Waals surface area contributed by atoms with Crippen LogP contribution in [0.1, 0.15) is 48.4 Å². The van der Waals surface area contributed by atoms with Crippen molar-refractivity contribution in [1.29, 1.82) is 0 Å². The molecule has 0 amide bonds. The minimum atomic E-state index is -0.651. The number of esters is 1. The standard InChI is InChI=1S/C28H26N2O5S/c1-16-25(28(33)35-13-19-14-36-15-29-19)26(17-6-5-7-20(31)10-17)27-22(30-16)11-18(12-23(27)32)21-8-3-4-9-24(21)34-2/h3-10,14-15,18,26,30-31H,11-13H2,1-2H3. The highest BCUT2D eigenvalue weighted by Crippen LogP contribution is 2.47. The van der Waals surface area contributed by atoms with Crippen molar-refractivity contribution in [2.75, 3.05) is 7.11 Å². The van der Waals surface area contributed by atoms with Crippen LogP contribution >= 0.6 is 11.3 Å². The predicted molar refractivity (Wildman–Crippen MR) is 136 cm³/mol. The number of phenols is 1. The van der Waals surface area contributed by atoms with Crippen LogP contribution in [0.2, 0.25) is 0 Å². The number of ketones is 1. The number of phenolic OH excluding ortho intramolecular Hbond substituents is 1. The largest absolute Gasteiger partial charge is 0.508 e. The van der Waals surface area contributed by atoms with Gasteiger partial charge in [-0.3, -0.25) is 4.79 Å².